The van der Waals surface area contributed by atoms with E-state index in [0.29, 0.717) is 52.6 Å². The lowest BCUT2D eigenvalue weighted by Gasteiger charge is -2.29. The quantitative estimate of drug-likeness (QED) is 0.117. The second kappa shape index (κ2) is 14.8. The van der Waals surface area contributed by atoms with E-state index < -0.39 is 30.3 Å². The van der Waals surface area contributed by atoms with Crippen molar-refractivity contribution in [2.75, 3.05) is 14.2 Å². The Kier molecular flexibility index (Phi) is 9.87. The van der Waals surface area contributed by atoms with Gasteiger partial charge in [0.1, 0.15) is 51.5 Å². The highest BCUT2D eigenvalue weighted by molar-refractivity contribution is 6.32. The Hall–Kier alpha value is -5.60. The summed E-state index contributed by atoms with van der Waals surface area (Å²) in [6.45, 7) is 3.67. The molecule has 2 aliphatic carbocycles. The molecule has 16 heteroatoms. The molecule has 1 saturated carbocycles. The van der Waals surface area contributed by atoms with Crippen LogP contribution in [0.3, 0.4) is 0 Å². The van der Waals surface area contributed by atoms with E-state index in [2.05, 4.69) is 20.6 Å². The van der Waals surface area contributed by atoms with Crippen LogP contribution < -0.4 is 10.6 Å². The number of amides is 4. The van der Waals surface area contributed by atoms with Crippen LogP contribution in [0.25, 0.3) is 33.6 Å². The fourth-order valence-electron chi connectivity index (χ4n) is 7.73. The normalized spacial score (nSPS) is 21.3. The van der Waals surface area contributed by atoms with Gasteiger partial charge in [-0.25, -0.2) is 19.6 Å². The van der Waals surface area contributed by atoms with Crippen LogP contribution in [0.4, 0.5) is 9.59 Å². The van der Waals surface area contributed by atoms with Gasteiger partial charge in [0.25, 0.3) is 0 Å². The van der Waals surface area contributed by atoms with Gasteiger partial charge in [-0.2, -0.15) is 0 Å². The third-order valence-electron chi connectivity index (χ3n) is 10.9. The van der Waals surface area contributed by atoms with E-state index in [1.165, 1.54) is 14.2 Å². The summed E-state index contributed by atoms with van der Waals surface area (Å²) in [7, 11) is 2.54. The highest BCUT2D eigenvalue weighted by Crippen LogP contribution is 2.52. The second-order valence-corrected chi connectivity index (χ2v) is 15.0. The summed E-state index contributed by atoms with van der Waals surface area (Å²) < 4.78 is 9.45. The van der Waals surface area contributed by atoms with Gasteiger partial charge >= 0.3 is 12.2 Å². The molecule has 2 aromatic carbocycles. The van der Waals surface area contributed by atoms with E-state index in [0.717, 1.165) is 39.9 Å². The first-order valence-electron chi connectivity index (χ1n) is 18.5. The fourth-order valence-corrected chi connectivity index (χ4v) is 8.23. The standard InChI is InChI=1S/C40H40Cl2N8O6/c1-5-25(43-39(53)55-3)37(51)49-27-15-23(27)17-29(49)35-45-31(33(41)47-35)21-11-7-19(8-12-21)20-9-13-22(14-10-20)32-34(42)48-36(46-32)30-18-24-16-28(24)50(30)38(52)26(6-2)44-40(54)56-4/h7-15,18,23,25-26,28-30H,5-6,16-17H2,1-4H3,(H,43,53)(H,44,54)(H,45,47)(H,46,48)/t23-,25+,26+,28-,29+,30+/m1/s1. The zero-order valence-corrected chi connectivity index (χ0v) is 32.6. The van der Waals surface area contributed by atoms with E-state index in [1.807, 2.05) is 74.5 Å². The molecule has 2 fully saturated rings. The lowest BCUT2D eigenvalue weighted by Crippen LogP contribution is -2.49. The van der Waals surface area contributed by atoms with Crippen LogP contribution in [0.1, 0.15) is 63.3 Å². The maximum Gasteiger partial charge on any atom is 0.407 e. The molecule has 0 unspecified atom stereocenters. The minimum absolute atomic E-state index is 0.0152. The number of aromatic amines is 2. The van der Waals surface area contributed by atoms with Gasteiger partial charge in [-0.1, -0.05) is 97.7 Å². The molecular weight excluding hydrogens is 759 g/mol. The van der Waals surface area contributed by atoms with Crippen molar-refractivity contribution >= 4 is 47.2 Å². The SMILES string of the molecule is CC[C@H](NC(=O)OC)C(=O)N1C2=C[C@@H]2C[C@H]1c1nc(-c2ccc(-c3ccc(-c4nc([C@@H]5C=C6C[C@H]6N5C(=O)[C@H](CC)NC(=O)OC)[nH]c4Cl)cc3)cc2)c(Cl)[nH]1. The number of alkyl carbamates (subject to hydrolysis) is 2. The van der Waals surface area contributed by atoms with E-state index >= 15 is 0 Å². The number of halogens is 2. The van der Waals surface area contributed by atoms with Crippen LogP contribution in [0.2, 0.25) is 10.3 Å². The molecule has 0 bridgehead atoms. The topological polar surface area (TPSA) is 175 Å². The number of hydrogen-bond donors (Lipinski definition) is 4. The molecule has 4 aromatic rings. The number of rotatable bonds is 11. The third-order valence-corrected chi connectivity index (χ3v) is 11.4. The van der Waals surface area contributed by atoms with Gasteiger partial charge in [-0.15, -0.1) is 0 Å². The number of hydrogen-bond acceptors (Lipinski definition) is 8. The Labute approximate surface area is 332 Å². The number of allylic oxidation sites excluding steroid dienone is 2. The monoisotopic (exact) mass is 798 g/mol. The minimum atomic E-state index is -0.730. The van der Waals surface area contributed by atoms with Gasteiger partial charge < -0.3 is 39.9 Å². The van der Waals surface area contributed by atoms with Gasteiger partial charge in [-0.3, -0.25) is 9.59 Å². The lowest BCUT2D eigenvalue weighted by atomic mass is 10.0. The van der Waals surface area contributed by atoms with Crippen LogP contribution in [0.15, 0.2) is 72.0 Å². The number of methoxy groups -OCH3 is 2. The molecule has 4 N–H and O–H groups in total. The van der Waals surface area contributed by atoms with Gasteiger partial charge in [0.2, 0.25) is 11.8 Å². The van der Waals surface area contributed by atoms with Crippen molar-refractivity contribution in [3.8, 4) is 33.6 Å². The number of ether oxygens (including phenoxy) is 2. The van der Waals surface area contributed by atoms with Crippen LogP contribution in [0, 0.1) is 5.92 Å². The van der Waals surface area contributed by atoms with Crippen molar-refractivity contribution in [2.45, 2.75) is 69.7 Å². The maximum atomic E-state index is 13.6. The number of nitrogens with zero attached hydrogens (tertiary/aromatic N) is 4. The zero-order valence-electron chi connectivity index (χ0n) is 31.1. The fraction of sp³-hybridized carbons (Fsp3) is 0.350. The molecule has 4 amide bonds. The van der Waals surface area contributed by atoms with Crippen molar-refractivity contribution in [3.05, 3.63) is 93.9 Å². The van der Waals surface area contributed by atoms with Crippen LogP contribution in [-0.2, 0) is 19.1 Å². The minimum Gasteiger partial charge on any atom is -0.453 e. The molecule has 56 heavy (non-hydrogen) atoms. The summed E-state index contributed by atoms with van der Waals surface area (Å²) >= 11 is 13.4. The average molecular weight is 800 g/mol. The van der Waals surface area contributed by atoms with E-state index in [-0.39, 0.29) is 29.8 Å². The Morgan fingerprint density at radius 2 is 1.25 bits per heavy atom. The summed E-state index contributed by atoms with van der Waals surface area (Å²) in [5, 5.41) is 6.01. The molecule has 0 radical (unpaired) electrons. The lowest BCUT2D eigenvalue weighted by molar-refractivity contribution is -0.135. The predicted molar refractivity (Wildman–Crippen MR) is 208 cm³/mol. The number of carbonyl (C=O) groups is 4. The Morgan fingerprint density at radius 3 is 1.79 bits per heavy atom. The number of carbonyl (C=O) groups excluding carboxylic acids is 4. The zero-order chi connectivity index (χ0) is 39.4. The molecular formula is C40H40Cl2N8O6. The highest BCUT2D eigenvalue weighted by Gasteiger charge is 2.51. The predicted octanol–water partition coefficient (Wildman–Crippen LogP) is 7.08. The van der Waals surface area contributed by atoms with Crippen molar-refractivity contribution < 1.29 is 28.7 Å². The number of imidazole rings is 2. The number of likely N-dealkylation sites (tertiary alicyclic amines) is 1. The first-order chi connectivity index (χ1) is 27.0. The summed E-state index contributed by atoms with van der Waals surface area (Å²) in [6.07, 6.45) is 5.08. The molecule has 2 aromatic heterocycles. The van der Waals surface area contributed by atoms with Crippen molar-refractivity contribution in [3.63, 3.8) is 0 Å². The molecule has 14 nitrogen and oxygen atoms in total. The molecule has 4 heterocycles. The van der Waals surface area contributed by atoms with Gasteiger partial charge in [-0.05, 0) is 42.4 Å². The summed E-state index contributed by atoms with van der Waals surface area (Å²) in [5.74, 6) is 0.908. The molecule has 4 aliphatic rings. The maximum absolute atomic E-state index is 13.6. The van der Waals surface area contributed by atoms with Crippen LogP contribution in [-0.4, -0.2) is 86.1 Å². The molecule has 1 saturated heterocycles. The van der Waals surface area contributed by atoms with E-state index in [1.54, 1.807) is 9.80 Å². The third kappa shape index (κ3) is 6.81. The summed E-state index contributed by atoms with van der Waals surface area (Å²) in [4.78, 5) is 70.5. The molecule has 6 atom stereocenters. The van der Waals surface area contributed by atoms with E-state index in [9.17, 15) is 19.2 Å². The van der Waals surface area contributed by atoms with Gasteiger partial charge in [0, 0.05) is 22.7 Å². The van der Waals surface area contributed by atoms with Gasteiger partial charge in [0.15, 0.2) is 0 Å². The number of benzene rings is 2. The molecule has 2 aliphatic heterocycles. The van der Waals surface area contributed by atoms with Crippen molar-refractivity contribution in [2.24, 2.45) is 5.92 Å². The molecule has 0 spiro atoms. The first kappa shape index (κ1) is 37.3. The smallest absolute Gasteiger partial charge is 0.407 e. The van der Waals surface area contributed by atoms with Crippen molar-refractivity contribution in [1.29, 1.82) is 0 Å². The summed E-state index contributed by atoms with van der Waals surface area (Å²) in [6, 6.07) is 13.5. The van der Waals surface area contributed by atoms with E-state index in [4.69, 9.17) is 42.6 Å². The second-order valence-electron chi connectivity index (χ2n) is 14.2. The number of fused-ring (bicyclic) bond motifs is 2. The Balaban J connectivity index is 0.962. The first-order valence-corrected chi connectivity index (χ1v) is 19.3. The molecule has 8 rings (SSSR count). The molecule has 290 valence electrons. The number of nitrogens with one attached hydrogen (secondary N) is 4. The number of H-pyrrole nitrogens is 2. The Bertz CT molecular complexity index is 2280. The van der Waals surface area contributed by atoms with Crippen LogP contribution >= 0.6 is 23.2 Å². The number of aromatic nitrogens is 4. The summed E-state index contributed by atoms with van der Waals surface area (Å²) in [5.41, 5.74) is 6.80. The van der Waals surface area contributed by atoms with Gasteiger partial charge in [0.05, 0.1) is 26.3 Å². The average Bonchev–Trinajstić information content (AvgIpc) is 3.93. The Morgan fingerprint density at radius 1 is 0.750 bits per heavy atom. The largest absolute Gasteiger partial charge is 0.453 e. The highest BCUT2D eigenvalue weighted by atomic mass is 35.5. The van der Waals surface area contributed by atoms with Crippen LogP contribution in [0.5, 0.6) is 0 Å². The van der Waals surface area contributed by atoms with Crippen molar-refractivity contribution in [1.82, 2.24) is 40.4 Å².